The molecule has 0 bridgehead atoms. The molecule has 0 saturated heterocycles. The van der Waals surface area contributed by atoms with Crippen molar-refractivity contribution in [2.75, 3.05) is 7.11 Å². The first kappa shape index (κ1) is 16.1. The van der Waals surface area contributed by atoms with Gasteiger partial charge in [-0.3, -0.25) is 5.10 Å². The molecule has 1 aromatic heterocycles. The lowest BCUT2D eigenvalue weighted by Gasteiger charge is -2.10. The Kier molecular flexibility index (Phi) is 3.94. The molecule has 5 heteroatoms. The molecule has 5 rings (SSSR count). The molecule has 1 N–H and O–H groups in total. The van der Waals surface area contributed by atoms with Gasteiger partial charge in [-0.2, -0.15) is 0 Å². The van der Waals surface area contributed by atoms with Crippen molar-refractivity contribution in [3.63, 3.8) is 0 Å². The number of fused-ring (bicyclic) bond motifs is 3. The van der Waals surface area contributed by atoms with Crippen molar-refractivity contribution >= 4 is 11.8 Å². The summed E-state index contributed by atoms with van der Waals surface area (Å²) in [4.78, 5) is 4.70. The molecular formula is C22H17N3OS. The summed E-state index contributed by atoms with van der Waals surface area (Å²) in [5.41, 5.74) is 6.23. The maximum atomic E-state index is 5.22. The van der Waals surface area contributed by atoms with Crippen LogP contribution >= 0.6 is 11.8 Å². The van der Waals surface area contributed by atoms with Crippen molar-refractivity contribution in [2.45, 2.75) is 10.4 Å². The summed E-state index contributed by atoms with van der Waals surface area (Å²) < 4.78 is 5.22. The van der Waals surface area contributed by atoms with Gasteiger partial charge in [0, 0.05) is 5.56 Å². The van der Waals surface area contributed by atoms with Crippen molar-refractivity contribution in [1.29, 1.82) is 0 Å². The number of hydrogen-bond donors (Lipinski definition) is 1. The van der Waals surface area contributed by atoms with Crippen molar-refractivity contribution < 1.29 is 4.74 Å². The molecular weight excluding hydrogens is 354 g/mol. The summed E-state index contributed by atoms with van der Waals surface area (Å²) in [5, 5.41) is 8.45. The molecule has 0 aliphatic heterocycles. The van der Waals surface area contributed by atoms with Crippen LogP contribution in [0.15, 0.2) is 78.0 Å². The minimum absolute atomic E-state index is 0.205. The normalized spacial score (nSPS) is 12.6. The van der Waals surface area contributed by atoms with Crippen LogP contribution in [0.3, 0.4) is 0 Å². The monoisotopic (exact) mass is 371 g/mol. The number of methoxy groups -OCH3 is 1. The van der Waals surface area contributed by atoms with Gasteiger partial charge in [0.25, 0.3) is 0 Å². The van der Waals surface area contributed by atoms with E-state index in [1.54, 1.807) is 18.9 Å². The van der Waals surface area contributed by atoms with Gasteiger partial charge in [0.1, 0.15) is 5.75 Å². The van der Waals surface area contributed by atoms with Crippen molar-refractivity contribution in [3.05, 3.63) is 83.9 Å². The van der Waals surface area contributed by atoms with Gasteiger partial charge in [0.05, 0.1) is 12.4 Å². The number of H-pyrrole nitrogens is 1. The molecule has 0 saturated carbocycles. The Labute approximate surface area is 161 Å². The molecule has 0 radical (unpaired) electrons. The van der Waals surface area contributed by atoms with Gasteiger partial charge >= 0.3 is 0 Å². The highest BCUT2D eigenvalue weighted by Crippen LogP contribution is 2.51. The van der Waals surface area contributed by atoms with Crippen LogP contribution in [0.4, 0.5) is 0 Å². The Morgan fingerprint density at radius 3 is 2.11 bits per heavy atom. The average Bonchev–Trinajstić information content (AvgIpc) is 3.32. The number of thioether (sulfide) groups is 1. The van der Waals surface area contributed by atoms with Crippen LogP contribution in [-0.2, 0) is 0 Å². The van der Waals surface area contributed by atoms with Gasteiger partial charge in [-0.1, -0.05) is 60.3 Å². The lowest BCUT2D eigenvalue weighted by molar-refractivity contribution is 0.415. The van der Waals surface area contributed by atoms with Crippen LogP contribution in [0.5, 0.6) is 5.75 Å². The summed E-state index contributed by atoms with van der Waals surface area (Å²) in [5.74, 6) is 1.59. The maximum Gasteiger partial charge on any atom is 0.209 e. The van der Waals surface area contributed by atoms with Crippen LogP contribution in [0.25, 0.3) is 22.5 Å². The zero-order valence-corrected chi connectivity index (χ0v) is 15.5. The topological polar surface area (TPSA) is 50.8 Å². The van der Waals surface area contributed by atoms with Crippen LogP contribution in [0.2, 0.25) is 0 Å². The second-order valence-electron chi connectivity index (χ2n) is 6.37. The van der Waals surface area contributed by atoms with Crippen LogP contribution < -0.4 is 4.74 Å². The third-order valence-corrected chi connectivity index (χ3v) is 5.97. The highest BCUT2D eigenvalue weighted by molar-refractivity contribution is 7.99. The first-order chi connectivity index (χ1) is 13.3. The first-order valence-corrected chi connectivity index (χ1v) is 9.63. The molecule has 1 aliphatic carbocycles. The van der Waals surface area contributed by atoms with Gasteiger partial charge in [0.15, 0.2) is 5.82 Å². The van der Waals surface area contributed by atoms with Crippen molar-refractivity contribution in [3.8, 4) is 28.3 Å². The highest BCUT2D eigenvalue weighted by Gasteiger charge is 2.29. The fourth-order valence-electron chi connectivity index (χ4n) is 3.52. The Morgan fingerprint density at radius 1 is 0.852 bits per heavy atom. The lowest BCUT2D eigenvalue weighted by Crippen LogP contribution is -1.92. The molecule has 1 heterocycles. The number of aromatic nitrogens is 3. The summed E-state index contributed by atoms with van der Waals surface area (Å²) in [6.45, 7) is 0. The molecule has 27 heavy (non-hydrogen) atoms. The SMILES string of the molecule is COc1ccc(-c2nc(SC3c4ccccc4-c4ccccc43)n[nH]2)cc1. The Morgan fingerprint density at radius 2 is 1.48 bits per heavy atom. The molecule has 0 spiro atoms. The highest BCUT2D eigenvalue weighted by atomic mass is 32.2. The van der Waals surface area contributed by atoms with E-state index in [1.807, 2.05) is 24.3 Å². The Balaban J connectivity index is 1.47. The Hall–Kier alpha value is -3.05. The number of ether oxygens (including phenoxy) is 1. The quantitative estimate of drug-likeness (QED) is 0.526. The maximum absolute atomic E-state index is 5.22. The van der Waals surface area contributed by atoms with E-state index in [4.69, 9.17) is 9.72 Å². The van der Waals surface area contributed by atoms with Gasteiger partial charge in [-0.25, -0.2) is 4.98 Å². The molecule has 0 atom stereocenters. The summed E-state index contributed by atoms with van der Waals surface area (Å²) in [6, 6.07) is 25.0. The predicted molar refractivity (Wildman–Crippen MR) is 108 cm³/mol. The molecule has 1 aliphatic rings. The number of rotatable bonds is 4. The van der Waals surface area contributed by atoms with Gasteiger partial charge in [-0.05, 0) is 46.5 Å². The van der Waals surface area contributed by atoms with E-state index < -0.39 is 0 Å². The fourth-order valence-corrected chi connectivity index (χ4v) is 4.64. The number of aromatic amines is 1. The van der Waals surface area contributed by atoms with Gasteiger partial charge in [-0.15, -0.1) is 5.10 Å². The number of benzene rings is 3. The van der Waals surface area contributed by atoms with E-state index in [-0.39, 0.29) is 5.25 Å². The molecule has 0 unspecified atom stereocenters. The zero-order valence-electron chi connectivity index (χ0n) is 14.7. The Bertz CT molecular complexity index is 1060. The summed E-state index contributed by atoms with van der Waals surface area (Å²) >= 11 is 1.68. The van der Waals surface area contributed by atoms with Gasteiger partial charge in [0.2, 0.25) is 5.16 Å². The van der Waals surface area contributed by atoms with E-state index in [0.717, 1.165) is 22.3 Å². The van der Waals surface area contributed by atoms with Crippen LogP contribution in [0.1, 0.15) is 16.4 Å². The van der Waals surface area contributed by atoms with Crippen molar-refractivity contribution in [2.24, 2.45) is 0 Å². The molecule has 4 aromatic rings. The van der Waals surface area contributed by atoms with E-state index in [2.05, 4.69) is 58.7 Å². The zero-order chi connectivity index (χ0) is 18.2. The van der Waals surface area contributed by atoms with Crippen molar-refractivity contribution in [1.82, 2.24) is 15.2 Å². The lowest BCUT2D eigenvalue weighted by atomic mass is 10.1. The fraction of sp³-hybridized carbons (Fsp3) is 0.0909. The smallest absolute Gasteiger partial charge is 0.209 e. The van der Waals surface area contributed by atoms with Crippen LogP contribution in [-0.4, -0.2) is 22.3 Å². The van der Waals surface area contributed by atoms with E-state index in [0.29, 0.717) is 0 Å². The third-order valence-electron chi connectivity index (χ3n) is 4.83. The third kappa shape index (κ3) is 2.80. The van der Waals surface area contributed by atoms with E-state index in [1.165, 1.54) is 22.3 Å². The molecule has 132 valence electrons. The molecule has 4 nitrogen and oxygen atoms in total. The number of nitrogens with zero attached hydrogens (tertiary/aromatic N) is 2. The number of nitrogens with one attached hydrogen (secondary N) is 1. The molecule has 0 amide bonds. The largest absolute Gasteiger partial charge is 0.497 e. The average molecular weight is 371 g/mol. The summed E-state index contributed by atoms with van der Waals surface area (Å²) in [7, 11) is 1.66. The summed E-state index contributed by atoms with van der Waals surface area (Å²) in [6.07, 6.45) is 0. The van der Waals surface area contributed by atoms with Gasteiger partial charge < -0.3 is 4.74 Å². The minimum atomic E-state index is 0.205. The van der Waals surface area contributed by atoms with Crippen LogP contribution in [0, 0.1) is 0 Å². The standard InChI is InChI=1S/C22H17N3OS/c1-26-15-12-10-14(11-13-15)21-23-22(25-24-21)27-20-18-8-4-2-6-16(18)17-7-3-5-9-19(17)20/h2-13,20H,1H3,(H,23,24,25). The molecule has 3 aromatic carbocycles. The van der Waals surface area contributed by atoms with E-state index >= 15 is 0 Å². The number of hydrogen-bond acceptors (Lipinski definition) is 4. The predicted octanol–water partition coefficient (Wildman–Crippen LogP) is 5.34. The second-order valence-corrected chi connectivity index (χ2v) is 7.44. The minimum Gasteiger partial charge on any atom is -0.497 e. The first-order valence-electron chi connectivity index (χ1n) is 8.75. The van der Waals surface area contributed by atoms with E-state index in [9.17, 15) is 0 Å². The molecule has 0 fully saturated rings. The second kappa shape index (κ2) is 6.59.